The Bertz CT molecular complexity index is 907. The molecule has 0 spiro atoms. The van der Waals surface area contributed by atoms with E-state index >= 15 is 0 Å². The number of nitrogens with zero attached hydrogens (tertiary/aromatic N) is 3. The summed E-state index contributed by atoms with van der Waals surface area (Å²) in [5.41, 5.74) is 5.18. The number of rotatable bonds is 8. The summed E-state index contributed by atoms with van der Waals surface area (Å²) in [7, 11) is 2.07. The van der Waals surface area contributed by atoms with Crippen LogP contribution in [-0.4, -0.2) is 42.6 Å². The second kappa shape index (κ2) is 10.1. The molecule has 5 heteroatoms. The first kappa shape index (κ1) is 21.6. The van der Waals surface area contributed by atoms with E-state index in [-0.39, 0.29) is 0 Å². The van der Waals surface area contributed by atoms with Crippen LogP contribution in [0.25, 0.3) is 0 Å². The van der Waals surface area contributed by atoms with Crippen molar-refractivity contribution in [1.82, 2.24) is 15.1 Å². The van der Waals surface area contributed by atoms with Crippen molar-refractivity contribution >= 4 is 5.82 Å². The van der Waals surface area contributed by atoms with Crippen molar-refractivity contribution in [3.05, 3.63) is 83.0 Å². The molecule has 1 N–H and O–H groups in total. The summed E-state index contributed by atoms with van der Waals surface area (Å²) in [5, 5.41) is 8.67. The van der Waals surface area contributed by atoms with Crippen molar-refractivity contribution in [2.75, 3.05) is 37.7 Å². The Balaban J connectivity index is 1.56. The molecule has 0 atom stereocenters. The van der Waals surface area contributed by atoms with E-state index < -0.39 is 0 Å². The molecule has 0 amide bonds. The molecule has 3 aromatic rings. The van der Waals surface area contributed by atoms with E-state index in [0.29, 0.717) is 11.8 Å². The molecule has 5 nitrogen and oxygen atoms in total. The van der Waals surface area contributed by atoms with Gasteiger partial charge in [-0.3, -0.25) is 4.68 Å². The molecule has 31 heavy (non-hydrogen) atoms. The highest BCUT2D eigenvalue weighted by Crippen LogP contribution is 2.30. The molecule has 0 saturated carbocycles. The Labute approximate surface area is 186 Å². The summed E-state index contributed by atoms with van der Waals surface area (Å²) in [4.78, 5) is 2.42. The maximum atomic E-state index is 5.58. The Morgan fingerprint density at radius 2 is 1.52 bits per heavy atom. The number of aryl methyl sites for hydroxylation is 1. The average Bonchev–Trinajstić information content (AvgIpc) is 3.15. The van der Waals surface area contributed by atoms with Crippen molar-refractivity contribution in [1.29, 1.82) is 0 Å². The van der Waals surface area contributed by atoms with Gasteiger partial charge in [-0.25, -0.2) is 0 Å². The van der Waals surface area contributed by atoms with Crippen molar-refractivity contribution < 1.29 is 4.74 Å². The third-order valence-electron chi connectivity index (χ3n) is 6.05. The van der Waals surface area contributed by atoms with E-state index in [1.165, 1.54) is 28.2 Å². The summed E-state index contributed by atoms with van der Waals surface area (Å²) >= 11 is 0. The number of anilines is 1. The van der Waals surface area contributed by atoms with E-state index in [4.69, 9.17) is 9.84 Å². The zero-order valence-corrected chi connectivity index (χ0v) is 18.9. The molecule has 164 valence electrons. The third kappa shape index (κ3) is 5.00. The third-order valence-corrected chi connectivity index (χ3v) is 6.05. The van der Waals surface area contributed by atoms with Crippen molar-refractivity contribution in [2.24, 2.45) is 7.05 Å². The van der Waals surface area contributed by atoms with Gasteiger partial charge in [0.2, 0.25) is 0 Å². The molecule has 0 bridgehead atoms. The number of benzene rings is 2. The van der Waals surface area contributed by atoms with Crippen LogP contribution in [0.3, 0.4) is 0 Å². The number of ether oxygens (including phenoxy) is 1. The zero-order chi connectivity index (χ0) is 21.6. The van der Waals surface area contributed by atoms with Crippen LogP contribution in [0.4, 0.5) is 5.82 Å². The predicted octanol–water partition coefficient (Wildman–Crippen LogP) is 4.30. The molecule has 2 heterocycles. The lowest BCUT2D eigenvalue weighted by Crippen LogP contribution is -2.38. The summed E-state index contributed by atoms with van der Waals surface area (Å²) < 4.78 is 7.64. The van der Waals surface area contributed by atoms with E-state index in [1.54, 1.807) is 0 Å². The molecule has 0 unspecified atom stereocenters. The van der Waals surface area contributed by atoms with Crippen LogP contribution in [0.2, 0.25) is 0 Å². The number of morpholine rings is 1. The van der Waals surface area contributed by atoms with Gasteiger partial charge in [0, 0.05) is 44.7 Å². The van der Waals surface area contributed by atoms with Gasteiger partial charge >= 0.3 is 0 Å². The first-order valence-electron chi connectivity index (χ1n) is 11.3. The number of hydrogen-bond donors (Lipinski definition) is 1. The summed E-state index contributed by atoms with van der Waals surface area (Å²) in [6.45, 7) is 9.53. The lowest BCUT2D eigenvalue weighted by Gasteiger charge is -2.30. The molecular formula is C26H34N4O. The summed E-state index contributed by atoms with van der Waals surface area (Å²) in [6.07, 6.45) is 0. The van der Waals surface area contributed by atoms with Gasteiger partial charge in [-0.1, -0.05) is 74.5 Å². The van der Waals surface area contributed by atoms with Crippen LogP contribution in [-0.2, 0) is 18.3 Å². The van der Waals surface area contributed by atoms with Gasteiger partial charge in [0.15, 0.2) is 0 Å². The Kier molecular flexibility index (Phi) is 7.05. The van der Waals surface area contributed by atoms with Gasteiger partial charge in [-0.05, 0) is 17.0 Å². The van der Waals surface area contributed by atoms with Crippen LogP contribution in [0.5, 0.6) is 0 Å². The first-order valence-corrected chi connectivity index (χ1v) is 11.3. The average molecular weight is 419 g/mol. The highest BCUT2D eigenvalue weighted by molar-refractivity contribution is 5.51. The molecule has 1 aliphatic rings. The maximum absolute atomic E-state index is 5.58. The van der Waals surface area contributed by atoms with Crippen molar-refractivity contribution in [2.45, 2.75) is 32.2 Å². The molecule has 2 aromatic carbocycles. The van der Waals surface area contributed by atoms with Crippen molar-refractivity contribution in [3.8, 4) is 0 Å². The molecule has 1 fully saturated rings. The standard InChI is InChI=1S/C26H34N4O/c1-20(2)25-24(26(29(3)28-25)30-14-16-31-17-15-30)19-27-18-23(21-10-6-4-7-11-21)22-12-8-5-9-13-22/h4-13,20,23,27H,14-19H2,1-3H3. The number of hydrogen-bond acceptors (Lipinski definition) is 4. The minimum atomic E-state index is 0.313. The van der Waals surface area contributed by atoms with Gasteiger partial charge < -0.3 is 15.0 Å². The summed E-state index contributed by atoms with van der Waals surface area (Å²) in [6, 6.07) is 21.6. The molecule has 1 aromatic heterocycles. The van der Waals surface area contributed by atoms with E-state index in [9.17, 15) is 0 Å². The van der Waals surface area contributed by atoms with Gasteiger partial charge in [-0.15, -0.1) is 0 Å². The highest BCUT2D eigenvalue weighted by Gasteiger charge is 2.24. The van der Waals surface area contributed by atoms with Crippen LogP contribution >= 0.6 is 0 Å². The molecule has 0 radical (unpaired) electrons. The first-order chi connectivity index (χ1) is 15.1. The quantitative estimate of drug-likeness (QED) is 0.592. The molecule has 1 aliphatic heterocycles. The fraction of sp³-hybridized carbons (Fsp3) is 0.423. The molecule has 4 rings (SSSR count). The lowest BCUT2D eigenvalue weighted by atomic mass is 9.91. The van der Waals surface area contributed by atoms with Crippen LogP contribution in [0.1, 0.15) is 48.1 Å². The minimum Gasteiger partial charge on any atom is -0.378 e. The largest absolute Gasteiger partial charge is 0.378 e. The van der Waals surface area contributed by atoms with Crippen LogP contribution in [0, 0.1) is 0 Å². The Morgan fingerprint density at radius 3 is 2.06 bits per heavy atom. The second-order valence-electron chi connectivity index (χ2n) is 8.57. The van der Waals surface area contributed by atoms with Gasteiger partial charge in [-0.2, -0.15) is 5.10 Å². The van der Waals surface area contributed by atoms with Gasteiger partial charge in [0.05, 0.1) is 18.9 Å². The maximum Gasteiger partial charge on any atom is 0.131 e. The Morgan fingerprint density at radius 1 is 0.935 bits per heavy atom. The monoisotopic (exact) mass is 418 g/mol. The minimum absolute atomic E-state index is 0.313. The van der Waals surface area contributed by atoms with Gasteiger partial charge in [0.1, 0.15) is 5.82 Å². The second-order valence-corrected chi connectivity index (χ2v) is 8.57. The van der Waals surface area contributed by atoms with E-state index in [1.807, 2.05) is 0 Å². The number of aromatic nitrogens is 2. The van der Waals surface area contributed by atoms with Crippen LogP contribution in [0.15, 0.2) is 60.7 Å². The molecule has 0 aliphatic carbocycles. The van der Waals surface area contributed by atoms with Gasteiger partial charge in [0.25, 0.3) is 0 Å². The smallest absolute Gasteiger partial charge is 0.131 e. The zero-order valence-electron chi connectivity index (χ0n) is 18.9. The predicted molar refractivity (Wildman–Crippen MR) is 127 cm³/mol. The fourth-order valence-corrected chi connectivity index (χ4v) is 4.52. The van der Waals surface area contributed by atoms with Crippen molar-refractivity contribution in [3.63, 3.8) is 0 Å². The highest BCUT2D eigenvalue weighted by atomic mass is 16.5. The Hall–Kier alpha value is -2.63. The topological polar surface area (TPSA) is 42.3 Å². The number of nitrogens with one attached hydrogen (secondary N) is 1. The van der Waals surface area contributed by atoms with E-state index in [2.05, 4.69) is 96.5 Å². The molecule has 1 saturated heterocycles. The fourth-order valence-electron chi connectivity index (χ4n) is 4.52. The SMILES string of the molecule is CC(C)c1nn(C)c(N2CCOCC2)c1CNCC(c1ccccc1)c1ccccc1. The summed E-state index contributed by atoms with van der Waals surface area (Å²) in [5.74, 6) is 1.93. The van der Waals surface area contributed by atoms with Crippen LogP contribution < -0.4 is 10.2 Å². The van der Waals surface area contributed by atoms with E-state index in [0.717, 1.165) is 39.4 Å². The molecular weight excluding hydrogens is 384 g/mol. The normalized spacial score (nSPS) is 14.5. The lowest BCUT2D eigenvalue weighted by molar-refractivity contribution is 0.122.